The summed E-state index contributed by atoms with van der Waals surface area (Å²) in [5.74, 6) is 0.129. The number of amides is 2. The third-order valence-corrected chi connectivity index (χ3v) is 10.3. The maximum Gasteiger partial charge on any atom is 0.253 e. The van der Waals surface area contributed by atoms with Crippen LogP contribution in [-0.4, -0.2) is 72.9 Å². The molecule has 7 nitrogen and oxygen atoms in total. The number of hydrogen-bond acceptors (Lipinski definition) is 5. The summed E-state index contributed by atoms with van der Waals surface area (Å²) in [6.45, 7) is 7.15. The Morgan fingerprint density at radius 3 is 2.16 bits per heavy atom. The van der Waals surface area contributed by atoms with Gasteiger partial charge in [-0.15, -0.1) is 0 Å². The molecule has 4 fully saturated rings. The number of carbonyl (C=O) groups excluding carboxylic acids is 2. The van der Waals surface area contributed by atoms with E-state index in [0.717, 1.165) is 80.7 Å². The zero-order valence-corrected chi connectivity index (χ0v) is 26.3. The lowest BCUT2D eigenvalue weighted by molar-refractivity contribution is -0.138. The zero-order valence-electron chi connectivity index (χ0n) is 26.3. The number of anilines is 1. The maximum absolute atomic E-state index is 13.8. The summed E-state index contributed by atoms with van der Waals surface area (Å²) in [5, 5.41) is 3.14. The van der Waals surface area contributed by atoms with Gasteiger partial charge in [-0.1, -0.05) is 48.4 Å². The van der Waals surface area contributed by atoms with Crippen LogP contribution in [-0.2, 0) is 4.79 Å². The molecule has 2 aliphatic heterocycles. The minimum atomic E-state index is -0.229. The summed E-state index contributed by atoms with van der Waals surface area (Å²) in [5.41, 5.74) is 7.64. The van der Waals surface area contributed by atoms with Crippen LogP contribution in [0, 0.1) is 17.2 Å². The summed E-state index contributed by atoms with van der Waals surface area (Å²) in [6.07, 6.45) is 8.78. The molecule has 4 aliphatic rings. The predicted molar refractivity (Wildman–Crippen MR) is 174 cm³/mol. The fourth-order valence-electron chi connectivity index (χ4n) is 7.67. The predicted octanol–water partition coefficient (Wildman–Crippen LogP) is 5.69. The quantitative estimate of drug-likeness (QED) is 0.374. The monoisotopic (exact) mass is 607 g/mol. The van der Waals surface area contributed by atoms with Crippen molar-refractivity contribution in [1.82, 2.24) is 20.1 Å². The number of carbonyl (C=O) groups is 2. The number of halogens is 1. The van der Waals surface area contributed by atoms with Crippen LogP contribution in [0.1, 0.15) is 72.1 Å². The molecule has 2 saturated carbocycles. The van der Waals surface area contributed by atoms with Crippen LogP contribution in [0.5, 0.6) is 0 Å². The summed E-state index contributed by atoms with van der Waals surface area (Å²) in [4.78, 5) is 36.9. The molecule has 2 saturated heterocycles. The van der Waals surface area contributed by atoms with Gasteiger partial charge in [0.1, 0.15) is 5.82 Å². The Hall–Kier alpha value is -4.04. The lowest BCUT2D eigenvalue weighted by Gasteiger charge is -2.56. The van der Waals surface area contributed by atoms with Crippen molar-refractivity contribution in [3.8, 4) is 0 Å². The minimum absolute atomic E-state index is 0.168. The molecule has 2 aromatic carbocycles. The van der Waals surface area contributed by atoms with E-state index in [4.69, 9.17) is 0 Å². The number of benzene rings is 2. The van der Waals surface area contributed by atoms with Gasteiger partial charge in [0, 0.05) is 56.8 Å². The Morgan fingerprint density at radius 1 is 0.911 bits per heavy atom. The number of piperazine rings is 1. The topological polar surface area (TPSA) is 68.8 Å². The van der Waals surface area contributed by atoms with Gasteiger partial charge < -0.3 is 20.0 Å². The third kappa shape index (κ3) is 6.00. The normalized spacial score (nSPS) is 20.2. The Kier molecular flexibility index (Phi) is 7.94. The Morgan fingerprint density at radius 2 is 1.56 bits per heavy atom. The molecular weight excluding hydrogens is 565 g/mol. The fourth-order valence-corrected chi connectivity index (χ4v) is 7.67. The number of likely N-dealkylation sites (tertiary alicyclic amines) is 1. The van der Waals surface area contributed by atoms with Crippen LogP contribution >= 0.6 is 0 Å². The SMILES string of the molecule is C[C@@H](NC(=O)c1cncc(N2CCN(C(=O)C3CCC3)CC2)c1)c1ccc(C(=C2CC3(C2)CN(C)C3)c2ccc(F)cc2)cc1. The van der Waals surface area contributed by atoms with E-state index in [1.54, 1.807) is 12.4 Å². The molecule has 234 valence electrons. The van der Waals surface area contributed by atoms with E-state index < -0.39 is 0 Å². The average Bonchev–Trinajstić information content (AvgIpc) is 2.99. The molecule has 3 aromatic rings. The van der Waals surface area contributed by atoms with E-state index in [0.29, 0.717) is 30.0 Å². The van der Waals surface area contributed by atoms with E-state index >= 15 is 0 Å². The molecule has 0 bridgehead atoms. The van der Waals surface area contributed by atoms with Crippen molar-refractivity contribution < 1.29 is 14.0 Å². The van der Waals surface area contributed by atoms with Crippen molar-refractivity contribution in [2.45, 2.75) is 45.1 Å². The van der Waals surface area contributed by atoms with Crippen molar-refractivity contribution in [1.29, 1.82) is 0 Å². The Labute approximate surface area is 265 Å². The molecule has 8 heteroatoms. The van der Waals surface area contributed by atoms with E-state index in [9.17, 15) is 14.0 Å². The van der Waals surface area contributed by atoms with Crippen LogP contribution < -0.4 is 10.2 Å². The molecule has 3 heterocycles. The van der Waals surface area contributed by atoms with Gasteiger partial charge in [-0.2, -0.15) is 0 Å². The molecule has 2 amide bonds. The fraction of sp³-hybridized carbons (Fsp3) is 0.432. The van der Waals surface area contributed by atoms with E-state index in [1.165, 1.54) is 23.3 Å². The first-order valence-corrected chi connectivity index (χ1v) is 16.3. The van der Waals surface area contributed by atoms with E-state index in [2.05, 4.69) is 51.4 Å². The van der Waals surface area contributed by atoms with Gasteiger partial charge in [-0.25, -0.2) is 4.39 Å². The van der Waals surface area contributed by atoms with Gasteiger partial charge in [-0.3, -0.25) is 14.6 Å². The molecule has 1 aromatic heterocycles. The van der Waals surface area contributed by atoms with E-state index in [1.807, 2.05) is 30.0 Å². The largest absolute Gasteiger partial charge is 0.367 e. The van der Waals surface area contributed by atoms with Crippen LogP contribution in [0.2, 0.25) is 0 Å². The molecule has 7 rings (SSSR count). The highest BCUT2D eigenvalue weighted by molar-refractivity contribution is 5.95. The van der Waals surface area contributed by atoms with Crippen molar-refractivity contribution >= 4 is 23.1 Å². The second-order valence-corrected chi connectivity index (χ2v) is 13.7. The highest BCUT2D eigenvalue weighted by atomic mass is 19.1. The molecule has 0 radical (unpaired) electrons. The third-order valence-electron chi connectivity index (χ3n) is 10.3. The number of nitrogens with one attached hydrogen (secondary N) is 1. The van der Waals surface area contributed by atoms with Crippen molar-refractivity contribution in [3.05, 3.63) is 101 Å². The van der Waals surface area contributed by atoms with Gasteiger partial charge in [0.25, 0.3) is 5.91 Å². The van der Waals surface area contributed by atoms with Crippen molar-refractivity contribution in [2.24, 2.45) is 11.3 Å². The molecule has 1 N–H and O–H groups in total. The van der Waals surface area contributed by atoms with Gasteiger partial charge in [0.2, 0.25) is 5.91 Å². The second-order valence-electron chi connectivity index (χ2n) is 13.7. The summed E-state index contributed by atoms with van der Waals surface area (Å²) in [7, 11) is 2.17. The van der Waals surface area contributed by atoms with Crippen LogP contribution in [0.4, 0.5) is 10.1 Å². The number of nitrogens with zero attached hydrogens (tertiary/aromatic N) is 4. The molecule has 2 aliphatic carbocycles. The summed E-state index contributed by atoms with van der Waals surface area (Å²) >= 11 is 0. The number of rotatable bonds is 7. The summed E-state index contributed by atoms with van der Waals surface area (Å²) in [6, 6.07) is 16.9. The van der Waals surface area contributed by atoms with Crippen molar-refractivity contribution in [2.75, 3.05) is 51.2 Å². The average molecular weight is 608 g/mol. The lowest BCUT2D eigenvalue weighted by Crippen LogP contribution is -2.58. The van der Waals surface area contributed by atoms with Crippen LogP contribution in [0.15, 0.2) is 72.6 Å². The minimum Gasteiger partial charge on any atom is -0.367 e. The Balaban J connectivity index is 1.00. The highest BCUT2D eigenvalue weighted by Gasteiger charge is 2.49. The highest BCUT2D eigenvalue weighted by Crippen LogP contribution is 2.54. The van der Waals surface area contributed by atoms with E-state index in [-0.39, 0.29) is 23.7 Å². The van der Waals surface area contributed by atoms with Gasteiger partial charge >= 0.3 is 0 Å². The standard InChI is InChI=1S/C37H42FN5O2/c1-25(40-35(44)30-18-33(22-39-21-30)42-14-16-43(17-15-42)36(45)29-4-3-5-29)26-6-8-27(9-7-26)34(28-10-12-32(38)13-11-28)31-19-37(20-31)23-41(2)24-37/h6-13,18,21-22,25,29H,3-5,14-17,19-20,23-24H2,1-2H3,(H,40,44)/t25-/m1/s1. The molecule has 1 spiro atoms. The first-order valence-electron chi connectivity index (χ1n) is 16.3. The van der Waals surface area contributed by atoms with Crippen LogP contribution in [0.25, 0.3) is 5.57 Å². The first kappa shape index (κ1) is 29.7. The zero-order chi connectivity index (χ0) is 31.1. The molecule has 1 atom stereocenters. The molecule has 0 unspecified atom stereocenters. The number of aromatic nitrogens is 1. The maximum atomic E-state index is 13.8. The van der Waals surface area contributed by atoms with Gasteiger partial charge in [0.15, 0.2) is 0 Å². The van der Waals surface area contributed by atoms with Gasteiger partial charge in [0.05, 0.1) is 23.5 Å². The van der Waals surface area contributed by atoms with Crippen LogP contribution in [0.3, 0.4) is 0 Å². The molecular formula is C37H42FN5O2. The second kappa shape index (κ2) is 12.0. The number of pyridine rings is 1. The summed E-state index contributed by atoms with van der Waals surface area (Å²) < 4.78 is 13.8. The van der Waals surface area contributed by atoms with Crippen molar-refractivity contribution in [3.63, 3.8) is 0 Å². The smallest absolute Gasteiger partial charge is 0.253 e. The lowest BCUT2D eigenvalue weighted by atomic mass is 9.59. The first-order chi connectivity index (χ1) is 21.8. The van der Waals surface area contributed by atoms with Gasteiger partial charge in [-0.05, 0) is 80.1 Å². The number of allylic oxidation sites excluding steroid dienone is 1. The number of hydrogen-bond donors (Lipinski definition) is 1. The Bertz CT molecular complexity index is 1590. The molecule has 45 heavy (non-hydrogen) atoms.